The van der Waals surface area contributed by atoms with E-state index in [4.69, 9.17) is 8.85 Å². The first-order valence-corrected chi connectivity index (χ1v) is 6.40. The van der Waals surface area contributed by atoms with Crippen molar-refractivity contribution in [2.75, 3.05) is 0 Å². The maximum Gasteiger partial charge on any atom is 0.366 e. The van der Waals surface area contributed by atoms with Crippen LogP contribution in [0.4, 0.5) is 0 Å². The summed E-state index contributed by atoms with van der Waals surface area (Å²) in [5.74, 6) is 0.891. The Morgan fingerprint density at radius 3 is 2.12 bits per heavy atom. The summed E-state index contributed by atoms with van der Waals surface area (Å²) in [7, 11) is -0.931. The lowest BCUT2D eigenvalue weighted by atomic mass is 10.2. The molecule has 0 amide bonds. The second-order valence-corrected chi connectivity index (χ2v) is 4.34. The van der Waals surface area contributed by atoms with E-state index in [-0.39, 0.29) is 0 Å². The van der Waals surface area contributed by atoms with Gasteiger partial charge in [0.15, 0.2) is 0 Å². The van der Waals surface area contributed by atoms with Gasteiger partial charge >= 0.3 is 10.0 Å². The zero-order chi connectivity index (χ0) is 11.1. The largest absolute Gasteiger partial charge is 0.525 e. The molecule has 0 aromatic heterocycles. The minimum atomic E-state index is -0.931. The van der Waals surface area contributed by atoms with E-state index in [9.17, 15) is 0 Å². The van der Waals surface area contributed by atoms with Crippen LogP contribution < -0.4 is 4.43 Å². The van der Waals surface area contributed by atoms with Gasteiger partial charge in [0.25, 0.3) is 0 Å². The average molecular weight is 230 g/mol. The van der Waals surface area contributed by atoms with E-state index >= 15 is 0 Å². The predicted molar refractivity (Wildman–Crippen MR) is 66.8 cm³/mol. The van der Waals surface area contributed by atoms with Gasteiger partial charge in [-0.15, -0.1) is 0 Å². The molecule has 3 heteroatoms. The molecule has 2 nitrogen and oxygen atoms in total. The molecule has 0 spiro atoms. The molecule has 82 valence electrons. The monoisotopic (exact) mass is 230 g/mol. The molecule has 0 fully saturated rings. The second kappa shape index (κ2) is 6.10. The molecule has 0 bridgehead atoms. The number of para-hydroxylation sites is 1. The summed E-state index contributed by atoms with van der Waals surface area (Å²) in [6.45, 7) is 0.639. The van der Waals surface area contributed by atoms with Crippen molar-refractivity contribution < 1.29 is 8.85 Å². The third-order valence-corrected chi connectivity index (χ3v) is 2.99. The van der Waals surface area contributed by atoms with Crippen molar-refractivity contribution in [3.63, 3.8) is 0 Å². The van der Waals surface area contributed by atoms with Crippen molar-refractivity contribution >= 4 is 10.0 Å². The third kappa shape index (κ3) is 3.53. The van der Waals surface area contributed by atoms with Gasteiger partial charge in [0.1, 0.15) is 5.75 Å². The fraction of sp³-hybridized carbons (Fsp3) is 0.0769. The highest BCUT2D eigenvalue weighted by Crippen LogP contribution is 2.07. The van der Waals surface area contributed by atoms with Gasteiger partial charge in [-0.25, -0.2) is 0 Å². The second-order valence-electron chi connectivity index (χ2n) is 3.41. The lowest BCUT2D eigenvalue weighted by Crippen LogP contribution is -2.07. The maximum atomic E-state index is 5.54. The summed E-state index contributed by atoms with van der Waals surface area (Å²) < 4.78 is 11.1. The number of rotatable bonds is 5. The lowest BCUT2D eigenvalue weighted by molar-refractivity contribution is 0.278. The van der Waals surface area contributed by atoms with Gasteiger partial charge < -0.3 is 8.85 Å². The van der Waals surface area contributed by atoms with Gasteiger partial charge in [-0.2, -0.15) is 0 Å². The van der Waals surface area contributed by atoms with Gasteiger partial charge in [-0.05, 0) is 17.7 Å². The minimum absolute atomic E-state index is 0.639. The van der Waals surface area contributed by atoms with Crippen molar-refractivity contribution in [2.24, 2.45) is 0 Å². The van der Waals surface area contributed by atoms with Crippen molar-refractivity contribution in [1.82, 2.24) is 0 Å². The highest BCUT2D eigenvalue weighted by molar-refractivity contribution is 6.19. The Morgan fingerprint density at radius 2 is 1.44 bits per heavy atom. The first-order valence-electron chi connectivity index (χ1n) is 5.25. The molecule has 2 aromatic rings. The molecular formula is C13H14O2Si. The van der Waals surface area contributed by atoms with Gasteiger partial charge in [0.05, 0.1) is 6.61 Å². The van der Waals surface area contributed by atoms with Crippen LogP contribution in [0.5, 0.6) is 5.75 Å². The number of benzene rings is 2. The Morgan fingerprint density at radius 1 is 0.812 bits per heavy atom. The van der Waals surface area contributed by atoms with Crippen LogP contribution in [-0.4, -0.2) is 10.0 Å². The Bertz CT molecular complexity index is 361. The zero-order valence-electron chi connectivity index (χ0n) is 9.00. The van der Waals surface area contributed by atoms with E-state index < -0.39 is 10.0 Å². The first kappa shape index (κ1) is 10.9. The minimum Gasteiger partial charge on any atom is -0.525 e. The first-order chi connectivity index (χ1) is 7.95. The molecule has 2 aromatic carbocycles. The highest BCUT2D eigenvalue weighted by atomic mass is 28.3. The van der Waals surface area contributed by atoms with E-state index in [0.29, 0.717) is 6.61 Å². The van der Waals surface area contributed by atoms with E-state index in [1.807, 2.05) is 48.5 Å². The molecule has 0 saturated heterocycles. The zero-order valence-corrected chi connectivity index (χ0v) is 10.4. The molecule has 0 heterocycles. The highest BCUT2D eigenvalue weighted by Gasteiger charge is 1.94. The van der Waals surface area contributed by atoms with E-state index in [1.54, 1.807) is 0 Å². The van der Waals surface area contributed by atoms with E-state index in [0.717, 1.165) is 5.75 Å². The summed E-state index contributed by atoms with van der Waals surface area (Å²) in [4.78, 5) is 0. The molecule has 0 unspecified atom stereocenters. The molecule has 0 aliphatic carbocycles. The molecule has 0 N–H and O–H groups in total. The van der Waals surface area contributed by atoms with Crippen molar-refractivity contribution in [2.45, 2.75) is 6.61 Å². The van der Waals surface area contributed by atoms with Crippen LogP contribution in [0.1, 0.15) is 5.56 Å². The van der Waals surface area contributed by atoms with Crippen LogP contribution >= 0.6 is 0 Å². The van der Waals surface area contributed by atoms with Gasteiger partial charge in [0.2, 0.25) is 0 Å². The topological polar surface area (TPSA) is 18.5 Å². The van der Waals surface area contributed by atoms with Crippen LogP contribution in [0.3, 0.4) is 0 Å². The Labute approximate surface area is 97.9 Å². The SMILES string of the molecule is c1ccc(CO[SiH2]Oc2ccccc2)cc1. The fourth-order valence-electron chi connectivity index (χ4n) is 1.36. The smallest absolute Gasteiger partial charge is 0.366 e. The van der Waals surface area contributed by atoms with Crippen molar-refractivity contribution in [3.8, 4) is 5.75 Å². The van der Waals surface area contributed by atoms with Crippen molar-refractivity contribution in [3.05, 3.63) is 66.2 Å². The Hall–Kier alpha value is -1.58. The van der Waals surface area contributed by atoms with E-state index in [2.05, 4.69) is 12.1 Å². The number of hydrogen-bond donors (Lipinski definition) is 0. The van der Waals surface area contributed by atoms with Crippen LogP contribution in [0, 0.1) is 0 Å². The molecule has 0 radical (unpaired) electrons. The molecule has 0 aliphatic heterocycles. The maximum absolute atomic E-state index is 5.54. The molecular weight excluding hydrogens is 216 g/mol. The van der Waals surface area contributed by atoms with E-state index in [1.165, 1.54) is 5.56 Å². The molecule has 16 heavy (non-hydrogen) atoms. The summed E-state index contributed by atoms with van der Waals surface area (Å²) in [5.41, 5.74) is 1.19. The molecule has 0 saturated carbocycles. The van der Waals surface area contributed by atoms with Crippen LogP contribution in [0.25, 0.3) is 0 Å². The van der Waals surface area contributed by atoms with Crippen LogP contribution in [0.2, 0.25) is 0 Å². The number of hydrogen-bond acceptors (Lipinski definition) is 2. The summed E-state index contributed by atoms with van der Waals surface area (Å²) in [6, 6.07) is 19.9. The molecule has 0 aliphatic rings. The van der Waals surface area contributed by atoms with Gasteiger partial charge in [-0.1, -0.05) is 48.5 Å². The van der Waals surface area contributed by atoms with Crippen molar-refractivity contribution in [1.29, 1.82) is 0 Å². The molecule has 0 atom stereocenters. The van der Waals surface area contributed by atoms with Crippen LogP contribution in [0.15, 0.2) is 60.7 Å². The summed E-state index contributed by atoms with van der Waals surface area (Å²) in [6.07, 6.45) is 0. The Kier molecular flexibility index (Phi) is 4.16. The molecule has 2 rings (SSSR count). The summed E-state index contributed by atoms with van der Waals surface area (Å²) >= 11 is 0. The third-order valence-electron chi connectivity index (χ3n) is 2.16. The normalized spacial score (nSPS) is 10.8. The average Bonchev–Trinajstić information content (AvgIpc) is 2.37. The Balaban J connectivity index is 1.70. The standard InChI is InChI=1S/C13H14O2Si/c1-3-7-12(8-4-1)11-14-16-15-13-9-5-2-6-10-13/h1-10H,11,16H2. The fourth-order valence-corrected chi connectivity index (χ4v) is 2.09. The van der Waals surface area contributed by atoms with Crippen LogP contribution in [-0.2, 0) is 11.0 Å². The quantitative estimate of drug-likeness (QED) is 0.579. The lowest BCUT2D eigenvalue weighted by Gasteiger charge is -2.06. The van der Waals surface area contributed by atoms with Gasteiger partial charge in [0, 0.05) is 0 Å². The van der Waals surface area contributed by atoms with Gasteiger partial charge in [-0.3, -0.25) is 0 Å². The summed E-state index contributed by atoms with van der Waals surface area (Å²) in [5, 5.41) is 0. The predicted octanol–water partition coefficient (Wildman–Crippen LogP) is 2.28.